The molecule has 83 valence electrons. The summed E-state index contributed by atoms with van der Waals surface area (Å²) in [5.74, 6) is -0.0910. The van der Waals surface area contributed by atoms with Crippen LogP contribution in [0.4, 0.5) is 4.39 Å². The van der Waals surface area contributed by atoms with Crippen LogP contribution in [0.5, 0.6) is 0 Å². The number of allylic oxidation sites excluding steroid dienone is 4. The standard InChI is InChI=1S/C13H10Cl2F/c14-8-11-9(5-3-7-13(11)16)10-4-1-2-6-12(10)15/h1-2,4-7H,3,8H2. The van der Waals surface area contributed by atoms with Crippen LogP contribution in [-0.2, 0) is 0 Å². The van der Waals surface area contributed by atoms with Crippen molar-refractivity contribution in [3.8, 4) is 0 Å². The molecule has 0 unspecified atom stereocenters. The summed E-state index contributed by atoms with van der Waals surface area (Å²) in [6, 6.07) is 7.39. The van der Waals surface area contributed by atoms with Crippen LogP contribution in [0.2, 0.25) is 5.02 Å². The van der Waals surface area contributed by atoms with Crippen molar-refractivity contribution in [3.05, 3.63) is 58.7 Å². The zero-order chi connectivity index (χ0) is 11.5. The third-order valence-corrected chi connectivity index (χ3v) is 3.13. The molecule has 2 rings (SSSR count). The van der Waals surface area contributed by atoms with Crippen LogP contribution in [0.25, 0.3) is 5.57 Å². The molecule has 0 saturated carbocycles. The second-order valence-corrected chi connectivity index (χ2v) is 4.17. The fourth-order valence-electron chi connectivity index (χ4n) is 1.74. The summed E-state index contributed by atoms with van der Waals surface area (Å²) in [6.07, 6.45) is 4.05. The first-order chi connectivity index (χ1) is 7.74. The molecule has 1 aromatic carbocycles. The molecule has 0 amide bonds. The van der Waals surface area contributed by atoms with Crippen molar-refractivity contribution < 1.29 is 4.39 Å². The molecule has 0 nitrogen and oxygen atoms in total. The fraction of sp³-hybridized carbons (Fsp3) is 0.154. The summed E-state index contributed by atoms with van der Waals surface area (Å²) in [5.41, 5.74) is 2.16. The zero-order valence-electron chi connectivity index (χ0n) is 8.51. The van der Waals surface area contributed by atoms with Crippen LogP contribution in [0.15, 0.2) is 41.7 Å². The largest absolute Gasteiger partial charge is 0.207 e. The highest BCUT2D eigenvalue weighted by atomic mass is 35.5. The van der Waals surface area contributed by atoms with Crippen LogP contribution < -0.4 is 0 Å². The normalized spacial score (nSPS) is 16.3. The lowest BCUT2D eigenvalue weighted by Crippen LogP contribution is -2.01. The maximum atomic E-state index is 13.6. The highest BCUT2D eigenvalue weighted by molar-refractivity contribution is 6.32. The molecule has 0 bridgehead atoms. The van der Waals surface area contributed by atoms with E-state index in [1.54, 1.807) is 6.07 Å². The van der Waals surface area contributed by atoms with Gasteiger partial charge in [0, 0.05) is 10.6 Å². The number of rotatable bonds is 2. The molecule has 1 aliphatic carbocycles. The van der Waals surface area contributed by atoms with E-state index >= 15 is 0 Å². The van der Waals surface area contributed by atoms with Crippen molar-refractivity contribution in [2.75, 3.05) is 5.88 Å². The first-order valence-electron chi connectivity index (χ1n) is 4.97. The lowest BCUT2D eigenvalue weighted by atomic mass is 9.92. The third kappa shape index (κ3) is 2.16. The predicted molar refractivity (Wildman–Crippen MR) is 67.2 cm³/mol. The molecular weight excluding hydrogens is 246 g/mol. The Kier molecular flexibility index (Phi) is 3.67. The van der Waals surface area contributed by atoms with Crippen molar-refractivity contribution >= 4 is 28.8 Å². The maximum absolute atomic E-state index is 13.6. The maximum Gasteiger partial charge on any atom is 0.123 e. The summed E-state index contributed by atoms with van der Waals surface area (Å²) in [5, 5.41) is 0.617. The first-order valence-corrected chi connectivity index (χ1v) is 5.88. The van der Waals surface area contributed by atoms with Crippen molar-refractivity contribution in [3.63, 3.8) is 0 Å². The van der Waals surface area contributed by atoms with Gasteiger partial charge in [-0.25, -0.2) is 4.39 Å². The van der Waals surface area contributed by atoms with E-state index in [-0.39, 0.29) is 11.7 Å². The molecule has 1 aliphatic rings. The van der Waals surface area contributed by atoms with E-state index in [1.165, 1.54) is 6.08 Å². The Balaban J connectivity index is 2.54. The quantitative estimate of drug-likeness (QED) is 0.667. The molecule has 0 spiro atoms. The summed E-state index contributed by atoms with van der Waals surface area (Å²) in [4.78, 5) is 0. The second-order valence-electron chi connectivity index (χ2n) is 3.50. The molecule has 0 saturated heterocycles. The average Bonchev–Trinajstić information content (AvgIpc) is 2.29. The highest BCUT2D eigenvalue weighted by Crippen LogP contribution is 2.36. The second kappa shape index (κ2) is 5.03. The van der Waals surface area contributed by atoms with Gasteiger partial charge in [-0.05, 0) is 36.1 Å². The van der Waals surface area contributed by atoms with Gasteiger partial charge in [0.25, 0.3) is 0 Å². The Bertz CT molecular complexity index is 461. The van der Waals surface area contributed by atoms with Crippen LogP contribution in [-0.4, -0.2) is 5.88 Å². The molecule has 1 radical (unpaired) electrons. The summed E-state index contributed by atoms with van der Waals surface area (Å²) in [6.45, 7) is 0. The lowest BCUT2D eigenvalue weighted by Gasteiger charge is -2.17. The minimum Gasteiger partial charge on any atom is -0.207 e. The molecule has 0 heterocycles. The number of benzene rings is 1. The lowest BCUT2D eigenvalue weighted by molar-refractivity contribution is 0.644. The minimum atomic E-state index is -0.243. The molecule has 0 aromatic heterocycles. The van der Waals surface area contributed by atoms with E-state index in [1.807, 2.05) is 24.6 Å². The molecule has 0 atom stereocenters. The van der Waals surface area contributed by atoms with Crippen molar-refractivity contribution in [2.45, 2.75) is 6.42 Å². The van der Waals surface area contributed by atoms with Crippen molar-refractivity contribution in [1.82, 2.24) is 0 Å². The Morgan fingerprint density at radius 2 is 2.00 bits per heavy atom. The predicted octanol–water partition coefficient (Wildman–Crippen LogP) is 4.79. The van der Waals surface area contributed by atoms with E-state index in [4.69, 9.17) is 23.2 Å². The van der Waals surface area contributed by atoms with Crippen LogP contribution in [0.1, 0.15) is 12.0 Å². The first kappa shape index (κ1) is 11.7. The van der Waals surface area contributed by atoms with Gasteiger partial charge < -0.3 is 0 Å². The Morgan fingerprint density at radius 1 is 1.25 bits per heavy atom. The molecule has 0 N–H and O–H groups in total. The molecule has 1 aromatic rings. The number of halogens is 3. The van der Waals surface area contributed by atoms with Gasteiger partial charge in [0.2, 0.25) is 0 Å². The summed E-state index contributed by atoms with van der Waals surface area (Å²) in [7, 11) is 0. The van der Waals surface area contributed by atoms with Gasteiger partial charge in [0.1, 0.15) is 5.83 Å². The van der Waals surface area contributed by atoms with Crippen LogP contribution >= 0.6 is 23.2 Å². The van der Waals surface area contributed by atoms with Gasteiger partial charge in [-0.3, -0.25) is 0 Å². The number of hydrogen-bond donors (Lipinski definition) is 0. The number of hydrogen-bond acceptors (Lipinski definition) is 0. The van der Waals surface area contributed by atoms with Gasteiger partial charge in [0.15, 0.2) is 0 Å². The van der Waals surface area contributed by atoms with Gasteiger partial charge in [0.05, 0.1) is 5.88 Å². The molecule has 0 aliphatic heterocycles. The van der Waals surface area contributed by atoms with Crippen LogP contribution in [0, 0.1) is 6.42 Å². The summed E-state index contributed by atoms with van der Waals surface area (Å²) < 4.78 is 13.6. The summed E-state index contributed by atoms with van der Waals surface area (Å²) >= 11 is 11.9. The van der Waals surface area contributed by atoms with Crippen LogP contribution in [0.3, 0.4) is 0 Å². The van der Waals surface area contributed by atoms with E-state index in [9.17, 15) is 4.39 Å². The SMILES string of the molecule is FC1=CC[CH]C(c2ccccc2Cl)=C1CCl. The van der Waals surface area contributed by atoms with Gasteiger partial charge in [-0.15, -0.1) is 11.6 Å². The third-order valence-electron chi connectivity index (χ3n) is 2.53. The van der Waals surface area contributed by atoms with Crippen molar-refractivity contribution in [1.29, 1.82) is 0 Å². The monoisotopic (exact) mass is 255 g/mol. The van der Waals surface area contributed by atoms with Crippen molar-refractivity contribution in [2.24, 2.45) is 0 Å². The molecule has 16 heavy (non-hydrogen) atoms. The number of alkyl halides is 1. The average molecular weight is 256 g/mol. The zero-order valence-corrected chi connectivity index (χ0v) is 10.0. The van der Waals surface area contributed by atoms with Gasteiger partial charge in [-0.2, -0.15) is 0 Å². The minimum absolute atomic E-state index is 0.152. The van der Waals surface area contributed by atoms with E-state index < -0.39 is 0 Å². The Morgan fingerprint density at radius 3 is 2.69 bits per heavy atom. The van der Waals surface area contributed by atoms with E-state index in [0.717, 1.165) is 11.1 Å². The van der Waals surface area contributed by atoms with Gasteiger partial charge >= 0.3 is 0 Å². The molecular formula is C13H10Cl2F. The molecule has 0 fully saturated rings. The molecule has 3 heteroatoms. The smallest absolute Gasteiger partial charge is 0.123 e. The fourth-order valence-corrected chi connectivity index (χ4v) is 2.25. The van der Waals surface area contributed by atoms with Gasteiger partial charge in [-0.1, -0.05) is 29.8 Å². The Labute approximate surface area is 104 Å². The highest BCUT2D eigenvalue weighted by Gasteiger charge is 2.18. The van der Waals surface area contributed by atoms with E-state index in [0.29, 0.717) is 17.0 Å². The Hall–Kier alpha value is -0.790. The van der Waals surface area contributed by atoms with E-state index in [2.05, 4.69) is 0 Å². The topological polar surface area (TPSA) is 0 Å².